The molecule has 1 unspecified atom stereocenters. The lowest BCUT2D eigenvalue weighted by Gasteiger charge is -2.29. The average molecular weight is 334 g/mol. The van der Waals surface area contributed by atoms with Gasteiger partial charge in [-0.25, -0.2) is 9.59 Å². The van der Waals surface area contributed by atoms with E-state index in [4.69, 9.17) is 9.47 Å². The van der Waals surface area contributed by atoms with Crippen molar-refractivity contribution in [2.75, 3.05) is 32.1 Å². The van der Waals surface area contributed by atoms with Gasteiger partial charge < -0.3 is 19.7 Å². The molecule has 2 amide bonds. The van der Waals surface area contributed by atoms with E-state index in [-0.39, 0.29) is 18.1 Å². The van der Waals surface area contributed by atoms with E-state index in [9.17, 15) is 9.59 Å². The van der Waals surface area contributed by atoms with Crippen molar-refractivity contribution < 1.29 is 19.1 Å². The maximum atomic E-state index is 12.5. The number of hydrogen-bond donors (Lipinski definition) is 1. The van der Waals surface area contributed by atoms with Crippen LogP contribution in [0.1, 0.15) is 42.1 Å². The molecule has 1 N–H and O–H groups in total. The molecule has 6 heteroatoms. The number of esters is 1. The summed E-state index contributed by atoms with van der Waals surface area (Å²) < 4.78 is 10.4. The zero-order valence-corrected chi connectivity index (χ0v) is 14.6. The van der Waals surface area contributed by atoms with Gasteiger partial charge >= 0.3 is 12.0 Å². The van der Waals surface area contributed by atoms with Crippen LogP contribution in [0.5, 0.6) is 0 Å². The van der Waals surface area contributed by atoms with Gasteiger partial charge in [0, 0.05) is 25.4 Å². The van der Waals surface area contributed by atoms with Crippen molar-refractivity contribution >= 4 is 17.7 Å². The minimum Gasteiger partial charge on any atom is -0.465 e. The molecule has 2 rings (SSSR count). The predicted molar refractivity (Wildman–Crippen MR) is 92.4 cm³/mol. The SMILES string of the molecule is CCN(CC1CCCCO1)C(=O)Nc1ccc(C(=O)OC)cc1C. The zero-order valence-electron chi connectivity index (χ0n) is 14.6. The summed E-state index contributed by atoms with van der Waals surface area (Å²) in [7, 11) is 1.35. The maximum Gasteiger partial charge on any atom is 0.337 e. The van der Waals surface area contributed by atoms with E-state index in [1.165, 1.54) is 7.11 Å². The Morgan fingerprint density at radius 2 is 2.17 bits per heavy atom. The fourth-order valence-electron chi connectivity index (χ4n) is 2.80. The van der Waals surface area contributed by atoms with Crippen LogP contribution in [-0.2, 0) is 9.47 Å². The lowest BCUT2D eigenvalue weighted by molar-refractivity contribution is 0.00221. The van der Waals surface area contributed by atoms with Gasteiger partial charge in [-0.3, -0.25) is 0 Å². The largest absolute Gasteiger partial charge is 0.465 e. The molecule has 0 bridgehead atoms. The molecule has 1 aliphatic heterocycles. The third-order valence-electron chi connectivity index (χ3n) is 4.26. The normalized spacial score (nSPS) is 17.2. The van der Waals surface area contributed by atoms with Crippen molar-refractivity contribution in [3.63, 3.8) is 0 Å². The van der Waals surface area contributed by atoms with Gasteiger partial charge in [-0.2, -0.15) is 0 Å². The van der Waals surface area contributed by atoms with Crippen LogP contribution in [0.3, 0.4) is 0 Å². The van der Waals surface area contributed by atoms with Gasteiger partial charge in [-0.05, 0) is 56.9 Å². The lowest BCUT2D eigenvalue weighted by Crippen LogP contribution is -2.41. The fraction of sp³-hybridized carbons (Fsp3) is 0.556. The summed E-state index contributed by atoms with van der Waals surface area (Å²) in [5.41, 5.74) is 1.97. The molecule has 1 saturated heterocycles. The summed E-state index contributed by atoms with van der Waals surface area (Å²) in [6, 6.07) is 4.93. The highest BCUT2D eigenvalue weighted by atomic mass is 16.5. The molecule has 0 spiro atoms. The number of hydrogen-bond acceptors (Lipinski definition) is 4. The van der Waals surface area contributed by atoms with E-state index in [2.05, 4.69) is 5.32 Å². The van der Waals surface area contributed by atoms with Crippen LogP contribution in [0.4, 0.5) is 10.5 Å². The molecule has 1 heterocycles. The first-order valence-electron chi connectivity index (χ1n) is 8.41. The summed E-state index contributed by atoms with van der Waals surface area (Å²) in [6.45, 7) is 5.79. The highest BCUT2D eigenvalue weighted by molar-refractivity contribution is 5.93. The van der Waals surface area contributed by atoms with Gasteiger partial charge in [-0.15, -0.1) is 0 Å². The molecule has 0 radical (unpaired) electrons. The van der Waals surface area contributed by atoms with Crippen molar-refractivity contribution in [3.05, 3.63) is 29.3 Å². The fourth-order valence-corrected chi connectivity index (χ4v) is 2.80. The number of anilines is 1. The molecule has 1 aliphatic rings. The lowest BCUT2D eigenvalue weighted by atomic mass is 10.1. The number of benzene rings is 1. The summed E-state index contributed by atoms with van der Waals surface area (Å²) in [6.07, 6.45) is 3.36. The number of nitrogens with one attached hydrogen (secondary N) is 1. The number of aryl methyl sites for hydroxylation is 1. The molecule has 1 atom stereocenters. The van der Waals surface area contributed by atoms with E-state index in [1.54, 1.807) is 23.1 Å². The van der Waals surface area contributed by atoms with Crippen LogP contribution in [0.2, 0.25) is 0 Å². The Morgan fingerprint density at radius 3 is 2.75 bits per heavy atom. The summed E-state index contributed by atoms with van der Waals surface area (Å²) in [5, 5.41) is 2.91. The molecule has 0 saturated carbocycles. The number of ether oxygens (including phenoxy) is 2. The Bertz CT molecular complexity index is 582. The Balaban J connectivity index is 2.00. The number of methoxy groups -OCH3 is 1. The molecule has 1 aromatic carbocycles. The number of urea groups is 1. The molecule has 24 heavy (non-hydrogen) atoms. The van der Waals surface area contributed by atoms with E-state index in [1.807, 2.05) is 13.8 Å². The molecule has 6 nitrogen and oxygen atoms in total. The second-order valence-electron chi connectivity index (χ2n) is 5.98. The topological polar surface area (TPSA) is 67.9 Å². The molecular formula is C18H26N2O4. The molecule has 0 aliphatic carbocycles. The smallest absolute Gasteiger partial charge is 0.337 e. The van der Waals surface area contributed by atoms with E-state index >= 15 is 0 Å². The summed E-state index contributed by atoms with van der Waals surface area (Å²) in [4.78, 5) is 25.8. The Morgan fingerprint density at radius 1 is 1.38 bits per heavy atom. The number of nitrogens with zero attached hydrogens (tertiary/aromatic N) is 1. The first-order valence-corrected chi connectivity index (χ1v) is 8.41. The minimum atomic E-state index is -0.388. The first kappa shape index (κ1) is 18.3. The second-order valence-corrected chi connectivity index (χ2v) is 5.98. The van der Waals surface area contributed by atoms with Crippen molar-refractivity contribution in [2.24, 2.45) is 0 Å². The Hall–Kier alpha value is -2.08. The summed E-state index contributed by atoms with van der Waals surface area (Å²) in [5.74, 6) is -0.388. The molecule has 1 aromatic rings. The standard InChI is InChI=1S/C18H26N2O4/c1-4-20(12-15-7-5-6-10-24-15)18(22)19-16-9-8-14(11-13(16)2)17(21)23-3/h8-9,11,15H,4-7,10,12H2,1-3H3,(H,19,22). The number of likely N-dealkylation sites (N-methyl/N-ethyl adjacent to an activating group) is 1. The monoisotopic (exact) mass is 334 g/mol. The van der Waals surface area contributed by atoms with E-state index < -0.39 is 0 Å². The minimum absolute atomic E-state index is 0.118. The average Bonchev–Trinajstić information content (AvgIpc) is 2.61. The third kappa shape index (κ3) is 4.71. The van der Waals surface area contributed by atoms with Crippen LogP contribution in [0.25, 0.3) is 0 Å². The predicted octanol–water partition coefficient (Wildman–Crippen LogP) is 3.20. The van der Waals surface area contributed by atoms with Crippen molar-refractivity contribution in [2.45, 2.75) is 39.2 Å². The van der Waals surface area contributed by atoms with E-state index in [0.29, 0.717) is 24.3 Å². The first-order chi connectivity index (χ1) is 11.5. The Kier molecular flexibility index (Phi) is 6.61. The molecule has 1 fully saturated rings. The van der Waals surface area contributed by atoms with Gasteiger partial charge in [0.1, 0.15) is 0 Å². The number of carbonyl (C=O) groups is 2. The Labute approximate surface area is 143 Å². The summed E-state index contributed by atoms with van der Waals surface area (Å²) >= 11 is 0. The molecule has 0 aromatic heterocycles. The van der Waals surface area contributed by atoms with Crippen molar-refractivity contribution in [3.8, 4) is 0 Å². The second kappa shape index (κ2) is 8.68. The van der Waals surface area contributed by atoms with Crippen LogP contribution in [0, 0.1) is 6.92 Å². The number of amides is 2. The number of rotatable bonds is 5. The number of carbonyl (C=O) groups excluding carboxylic acids is 2. The molecular weight excluding hydrogens is 308 g/mol. The van der Waals surface area contributed by atoms with Crippen molar-refractivity contribution in [1.29, 1.82) is 0 Å². The highest BCUT2D eigenvalue weighted by Gasteiger charge is 2.21. The van der Waals surface area contributed by atoms with Crippen LogP contribution in [-0.4, -0.2) is 49.8 Å². The van der Waals surface area contributed by atoms with Gasteiger partial charge in [-0.1, -0.05) is 0 Å². The highest BCUT2D eigenvalue weighted by Crippen LogP contribution is 2.19. The third-order valence-corrected chi connectivity index (χ3v) is 4.26. The van der Waals surface area contributed by atoms with Gasteiger partial charge in [0.15, 0.2) is 0 Å². The van der Waals surface area contributed by atoms with Crippen LogP contribution >= 0.6 is 0 Å². The van der Waals surface area contributed by atoms with Gasteiger partial charge in [0.25, 0.3) is 0 Å². The molecule has 132 valence electrons. The van der Waals surface area contributed by atoms with Gasteiger partial charge in [0.05, 0.1) is 18.8 Å². The van der Waals surface area contributed by atoms with E-state index in [0.717, 1.165) is 31.4 Å². The maximum absolute atomic E-state index is 12.5. The quantitative estimate of drug-likeness (QED) is 0.840. The van der Waals surface area contributed by atoms with Crippen molar-refractivity contribution in [1.82, 2.24) is 4.90 Å². The van der Waals surface area contributed by atoms with Gasteiger partial charge in [0.2, 0.25) is 0 Å². The van der Waals surface area contributed by atoms with Crippen LogP contribution < -0.4 is 5.32 Å². The van der Waals surface area contributed by atoms with Crippen LogP contribution in [0.15, 0.2) is 18.2 Å². The zero-order chi connectivity index (χ0) is 17.5.